The molecule has 0 saturated carbocycles. The molecule has 5 nitrogen and oxygen atoms in total. The van der Waals surface area contributed by atoms with Crippen molar-refractivity contribution in [2.45, 2.75) is 13.3 Å². The van der Waals surface area contributed by atoms with E-state index in [1.807, 2.05) is 6.92 Å². The first kappa shape index (κ1) is 15.1. The fraction of sp³-hybridized carbons (Fsp3) is 0.385. The lowest BCUT2D eigenvalue weighted by Gasteiger charge is -2.06. The van der Waals surface area contributed by atoms with Crippen LogP contribution in [0.5, 0.6) is 5.75 Å². The molecule has 0 heterocycles. The second-order valence-corrected chi connectivity index (χ2v) is 3.61. The molecule has 104 valence electrons. The standard InChI is InChI=1S/C13H15FO5/c1-2-7-17-8-9-18-13(16)19-11-5-3-10(4-6-11)12(14)15/h3-6H,2,7-9H2,1H3. The third-order valence-corrected chi connectivity index (χ3v) is 2.08. The Morgan fingerprint density at radius 1 is 1.11 bits per heavy atom. The van der Waals surface area contributed by atoms with Crippen LogP contribution in [0.1, 0.15) is 23.7 Å². The van der Waals surface area contributed by atoms with Crippen molar-refractivity contribution in [1.82, 2.24) is 0 Å². The van der Waals surface area contributed by atoms with E-state index in [4.69, 9.17) is 14.2 Å². The topological polar surface area (TPSA) is 61.8 Å². The molecule has 1 rings (SSSR count). The molecule has 19 heavy (non-hydrogen) atoms. The Balaban J connectivity index is 2.30. The highest BCUT2D eigenvalue weighted by Crippen LogP contribution is 2.13. The largest absolute Gasteiger partial charge is 0.513 e. The molecular formula is C13H15FO5. The van der Waals surface area contributed by atoms with Gasteiger partial charge in [-0.05, 0) is 30.7 Å². The predicted molar refractivity (Wildman–Crippen MR) is 65.0 cm³/mol. The van der Waals surface area contributed by atoms with Crippen molar-refractivity contribution in [3.05, 3.63) is 29.8 Å². The van der Waals surface area contributed by atoms with Gasteiger partial charge in [-0.25, -0.2) is 4.79 Å². The Labute approximate surface area is 110 Å². The maximum atomic E-state index is 12.3. The lowest BCUT2D eigenvalue weighted by atomic mass is 10.2. The molecule has 6 heteroatoms. The van der Waals surface area contributed by atoms with E-state index in [-0.39, 0.29) is 17.9 Å². The molecule has 0 spiro atoms. The Kier molecular flexibility index (Phi) is 6.52. The number of hydrogen-bond acceptors (Lipinski definition) is 5. The number of hydrogen-bond donors (Lipinski definition) is 0. The molecule has 0 N–H and O–H groups in total. The van der Waals surface area contributed by atoms with Crippen molar-refractivity contribution in [2.24, 2.45) is 0 Å². The summed E-state index contributed by atoms with van der Waals surface area (Å²) in [5.41, 5.74) is -0.103. The summed E-state index contributed by atoms with van der Waals surface area (Å²) in [6.45, 7) is 2.98. The number of carbonyl (C=O) groups excluding carboxylic acids is 2. The molecule has 0 bridgehead atoms. The van der Waals surface area contributed by atoms with Gasteiger partial charge in [-0.3, -0.25) is 4.79 Å². The van der Waals surface area contributed by atoms with Gasteiger partial charge in [0.05, 0.1) is 12.2 Å². The summed E-state index contributed by atoms with van der Waals surface area (Å²) in [6, 6.07) is 3.51. The fourth-order valence-corrected chi connectivity index (χ4v) is 1.21. The van der Waals surface area contributed by atoms with E-state index in [1.165, 1.54) is 24.3 Å². The summed E-state index contributed by atoms with van der Waals surface area (Å²) in [5.74, 6) is 0.171. The number of carbonyl (C=O) groups is 2. The highest BCUT2D eigenvalue weighted by molar-refractivity contribution is 5.88. The van der Waals surface area contributed by atoms with Crippen LogP contribution in [0.2, 0.25) is 0 Å². The Bertz CT molecular complexity index is 416. The summed E-state index contributed by atoms with van der Waals surface area (Å²) in [5, 5.41) is 0. The maximum Gasteiger partial charge on any atom is 0.513 e. The summed E-state index contributed by atoms with van der Waals surface area (Å²) >= 11 is 0. The lowest BCUT2D eigenvalue weighted by Crippen LogP contribution is -2.14. The summed E-state index contributed by atoms with van der Waals surface area (Å²) < 4.78 is 27.0. The van der Waals surface area contributed by atoms with Crippen molar-refractivity contribution >= 4 is 12.2 Å². The van der Waals surface area contributed by atoms with E-state index in [0.717, 1.165) is 6.42 Å². The van der Waals surface area contributed by atoms with Gasteiger partial charge in [0.2, 0.25) is 0 Å². The van der Waals surface area contributed by atoms with Crippen LogP contribution >= 0.6 is 0 Å². The average molecular weight is 270 g/mol. The number of benzene rings is 1. The van der Waals surface area contributed by atoms with Crippen LogP contribution in [0.25, 0.3) is 0 Å². The quantitative estimate of drug-likeness (QED) is 0.330. The SMILES string of the molecule is CCCOCCOC(=O)Oc1ccc(C(=O)F)cc1. The number of rotatable bonds is 7. The highest BCUT2D eigenvalue weighted by Gasteiger charge is 2.07. The molecule has 0 atom stereocenters. The zero-order chi connectivity index (χ0) is 14.1. The molecule has 0 fully saturated rings. The fourth-order valence-electron chi connectivity index (χ4n) is 1.21. The second kappa shape index (κ2) is 8.20. The van der Waals surface area contributed by atoms with Crippen LogP contribution in [0.15, 0.2) is 24.3 Å². The minimum atomic E-state index is -1.54. The molecule has 1 aromatic rings. The molecule has 0 amide bonds. The van der Waals surface area contributed by atoms with Crippen LogP contribution in [-0.4, -0.2) is 32.0 Å². The van der Waals surface area contributed by atoms with E-state index >= 15 is 0 Å². The molecule has 0 unspecified atom stereocenters. The zero-order valence-corrected chi connectivity index (χ0v) is 10.6. The average Bonchev–Trinajstić information content (AvgIpc) is 2.39. The van der Waals surface area contributed by atoms with Crippen molar-refractivity contribution in [2.75, 3.05) is 19.8 Å². The van der Waals surface area contributed by atoms with Gasteiger partial charge in [0, 0.05) is 6.61 Å². The van der Waals surface area contributed by atoms with Crippen LogP contribution in [0, 0.1) is 0 Å². The van der Waals surface area contributed by atoms with Gasteiger partial charge >= 0.3 is 12.2 Å². The molecule has 0 aliphatic carbocycles. The van der Waals surface area contributed by atoms with Gasteiger partial charge in [0.1, 0.15) is 12.4 Å². The minimum Gasteiger partial charge on any atom is -0.432 e. The van der Waals surface area contributed by atoms with Gasteiger partial charge < -0.3 is 14.2 Å². The maximum absolute atomic E-state index is 12.3. The van der Waals surface area contributed by atoms with Gasteiger partial charge in [-0.1, -0.05) is 6.92 Å². The van der Waals surface area contributed by atoms with Gasteiger partial charge in [-0.2, -0.15) is 4.39 Å². The third kappa shape index (κ3) is 5.96. The third-order valence-electron chi connectivity index (χ3n) is 2.08. The molecule has 0 radical (unpaired) electrons. The second-order valence-electron chi connectivity index (χ2n) is 3.61. The van der Waals surface area contributed by atoms with Crippen LogP contribution in [0.4, 0.5) is 9.18 Å². The number of halogens is 1. The van der Waals surface area contributed by atoms with E-state index in [1.54, 1.807) is 0 Å². The first-order valence-electron chi connectivity index (χ1n) is 5.85. The molecule has 1 aromatic carbocycles. The van der Waals surface area contributed by atoms with E-state index in [0.29, 0.717) is 13.2 Å². The summed E-state index contributed by atoms with van der Waals surface area (Å²) in [6.07, 6.45) is 0.0174. The van der Waals surface area contributed by atoms with Crippen LogP contribution in [-0.2, 0) is 9.47 Å². The van der Waals surface area contributed by atoms with E-state index in [9.17, 15) is 14.0 Å². The zero-order valence-electron chi connectivity index (χ0n) is 10.6. The number of ether oxygens (including phenoxy) is 3. The van der Waals surface area contributed by atoms with Crippen molar-refractivity contribution in [3.63, 3.8) is 0 Å². The van der Waals surface area contributed by atoms with Gasteiger partial charge in [0.15, 0.2) is 0 Å². The van der Waals surface area contributed by atoms with Crippen LogP contribution < -0.4 is 4.74 Å². The van der Waals surface area contributed by atoms with Gasteiger partial charge in [-0.15, -0.1) is 0 Å². The van der Waals surface area contributed by atoms with Crippen molar-refractivity contribution in [1.29, 1.82) is 0 Å². The highest BCUT2D eigenvalue weighted by atomic mass is 19.1. The smallest absolute Gasteiger partial charge is 0.432 e. The van der Waals surface area contributed by atoms with Crippen molar-refractivity contribution < 1.29 is 28.2 Å². The molecule has 0 aliphatic rings. The Morgan fingerprint density at radius 2 is 1.79 bits per heavy atom. The summed E-state index contributed by atoms with van der Waals surface area (Å²) in [7, 11) is 0. The lowest BCUT2D eigenvalue weighted by molar-refractivity contribution is 0.0523. The molecule has 0 aliphatic heterocycles. The molecule has 0 aromatic heterocycles. The van der Waals surface area contributed by atoms with E-state index < -0.39 is 12.2 Å². The Morgan fingerprint density at radius 3 is 2.37 bits per heavy atom. The molecule has 0 saturated heterocycles. The van der Waals surface area contributed by atoms with E-state index in [2.05, 4.69) is 0 Å². The monoisotopic (exact) mass is 270 g/mol. The van der Waals surface area contributed by atoms with Crippen molar-refractivity contribution in [3.8, 4) is 5.75 Å². The molecular weight excluding hydrogens is 255 g/mol. The first-order chi connectivity index (χ1) is 9.13. The Hall–Kier alpha value is -1.95. The first-order valence-corrected chi connectivity index (χ1v) is 5.85. The minimum absolute atomic E-state index is 0.0971. The summed E-state index contributed by atoms with van der Waals surface area (Å²) in [4.78, 5) is 21.6. The van der Waals surface area contributed by atoms with Crippen LogP contribution in [0.3, 0.4) is 0 Å². The predicted octanol–water partition coefficient (Wildman–Crippen LogP) is 2.74. The normalized spacial score (nSPS) is 10.0. The van der Waals surface area contributed by atoms with Gasteiger partial charge in [0.25, 0.3) is 0 Å².